The topological polar surface area (TPSA) is 20.2 Å². The van der Waals surface area contributed by atoms with Gasteiger partial charge in [0.1, 0.15) is 0 Å². The molecule has 3 nitrogen and oxygen atoms in total. The van der Waals surface area contributed by atoms with Gasteiger partial charge in [0.05, 0.1) is 5.54 Å². The van der Waals surface area contributed by atoms with Gasteiger partial charge in [-0.2, -0.15) is 0 Å². The van der Waals surface area contributed by atoms with Crippen LogP contribution in [0.5, 0.6) is 0 Å². The van der Waals surface area contributed by atoms with Crippen LogP contribution in [0.15, 0.2) is 12.1 Å². The van der Waals surface area contributed by atoms with Crippen molar-refractivity contribution >= 4 is 0 Å². The Morgan fingerprint density at radius 1 is 1.19 bits per heavy atom. The lowest BCUT2D eigenvalue weighted by Crippen LogP contribution is -2.55. The fourth-order valence-corrected chi connectivity index (χ4v) is 3.41. The number of hydrogen-bond donors (Lipinski definition) is 1. The van der Waals surface area contributed by atoms with Crippen LogP contribution in [0.2, 0.25) is 0 Å². The third-order valence-electron chi connectivity index (χ3n) is 4.50. The monoisotopic (exact) mass is 219 g/mol. The Balaban J connectivity index is 2.08. The number of nitrogens with one attached hydrogen (secondary N) is 1. The van der Waals surface area contributed by atoms with Crippen LogP contribution in [0, 0.1) is 6.92 Å². The summed E-state index contributed by atoms with van der Waals surface area (Å²) in [6.45, 7) is 6.86. The lowest BCUT2D eigenvalue weighted by Gasteiger charge is -2.48. The summed E-state index contributed by atoms with van der Waals surface area (Å²) in [6, 6.07) is 4.62. The van der Waals surface area contributed by atoms with E-state index in [1.807, 2.05) is 0 Å². The highest BCUT2D eigenvalue weighted by molar-refractivity contribution is 5.26. The van der Waals surface area contributed by atoms with Crippen molar-refractivity contribution in [1.29, 1.82) is 0 Å². The van der Waals surface area contributed by atoms with E-state index in [-0.39, 0.29) is 0 Å². The van der Waals surface area contributed by atoms with Crippen LogP contribution in [0.4, 0.5) is 0 Å². The Labute approximate surface area is 97.4 Å². The molecule has 0 aliphatic carbocycles. The minimum absolute atomic E-state index is 0.303. The second kappa shape index (κ2) is 3.60. The number of rotatable bonds is 0. The third kappa shape index (κ3) is 1.28. The fourth-order valence-electron chi connectivity index (χ4n) is 3.41. The maximum atomic E-state index is 3.48. The molecule has 3 heterocycles. The molecule has 2 aliphatic heterocycles. The summed E-state index contributed by atoms with van der Waals surface area (Å²) in [5.41, 5.74) is 3.26. The SMILES string of the molecule is Cc1ccc2n1CCN(C)C21CCNCC1. The Morgan fingerprint density at radius 2 is 1.94 bits per heavy atom. The van der Waals surface area contributed by atoms with Crippen LogP contribution in [-0.2, 0) is 12.1 Å². The van der Waals surface area contributed by atoms with Gasteiger partial charge in [0.2, 0.25) is 0 Å². The number of aryl methyl sites for hydroxylation is 1. The van der Waals surface area contributed by atoms with E-state index in [0.717, 1.165) is 19.6 Å². The summed E-state index contributed by atoms with van der Waals surface area (Å²) in [7, 11) is 2.29. The van der Waals surface area contributed by atoms with Crippen molar-refractivity contribution in [3.63, 3.8) is 0 Å². The van der Waals surface area contributed by atoms with Crippen LogP contribution in [0.3, 0.4) is 0 Å². The van der Waals surface area contributed by atoms with E-state index < -0.39 is 0 Å². The molecule has 1 aromatic rings. The molecule has 0 amide bonds. The number of aromatic nitrogens is 1. The van der Waals surface area contributed by atoms with Crippen LogP contribution in [-0.4, -0.2) is 36.1 Å². The molecule has 1 N–H and O–H groups in total. The van der Waals surface area contributed by atoms with E-state index in [0.29, 0.717) is 5.54 Å². The first kappa shape index (κ1) is 10.4. The molecule has 1 aromatic heterocycles. The van der Waals surface area contributed by atoms with Crippen molar-refractivity contribution in [3.05, 3.63) is 23.5 Å². The van der Waals surface area contributed by atoms with Crippen LogP contribution in [0.25, 0.3) is 0 Å². The average Bonchev–Trinajstić information content (AvgIpc) is 2.68. The summed E-state index contributed by atoms with van der Waals surface area (Å²) in [4.78, 5) is 2.57. The average molecular weight is 219 g/mol. The number of hydrogen-bond acceptors (Lipinski definition) is 2. The normalized spacial score (nSPS) is 24.6. The van der Waals surface area contributed by atoms with Gasteiger partial charge in [-0.05, 0) is 52.0 Å². The first-order valence-electron chi connectivity index (χ1n) is 6.33. The lowest BCUT2D eigenvalue weighted by molar-refractivity contribution is 0.0478. The molecule has 0 unspecified atom stereocenters. The minimum atomic E-state index is 0.303. The molecular formula is C13H21N3. The van der Waals surface area contributed by atoms with Crippen molar-refractivity contribution in [2.45, 2.75) is 31.8 Å². The van der Waals surface area contributed by atoms with Gasteiger partial charge in [-0.1, -0.05) is 0 Å². The quantitative estimate of drug-likeness (QED) is 0.710. The number of fused-ring (bicyclic) bond motifs is 2. The van der Waals surface area contributed by atoms with Crippen LogP contribution < -0.4 is 5.32 Å². The molecule has 1 spiro atoms. The first-order chi connectivity index (χ1) is 7.74. The zero-order chi connectivity index (χ0) is 11.2. The zero-order valence-corrected chi connectivity index (χ0v) is 10.3. The van der Waals surface area contributed by atoms with E-state index in [1.165, 1.54) is 25.1 Å². The second-order valence-electron chi connectivity index (χ2n) is 5.21. The molecule has 1 saturated heterocycles. The van der Waals surface area contributed by atoms with E-state index in [2.05, 4.69) is 40.9 Å². The molecule has 0 atom stereocenters. The smallest absolute Gasteiger partial charge is 0.0635 e. The van der Waals surface area contributed by atoms with Crippen LogP contribution >= 0.6 is 0 Å². The molecule has 0 bridgehead atoms. The van der Waals surface area contributed by atoms with Gasteiger partial charge in [0.15, 0.2) is 0 Å². The summed E-state index contributed by atoms with van der Waals surface area (Å²) in [5, 5.41) is 3.48. The maximum absolute atomic E-state index is 3.48. The van der Waals surface area contributed by atoms with Crippen molar-refractivity contribution in [1.82, 2.24) is 14.8 Å². The van der Waals surface area contributed by atoms with Gasteiger partial charge in [0, 0.05) is 24.5 Å². The molecule has 1 fully saturated rings. The molecule has 0 aromatic carbocycles. The van der Waals surface area contributed by atoms with Crippen molar-refractivity contribution in [2.24, 2.45) is 0 Å². The molecule has 2 aliphatic rings. The standard InChI is InChI=1S/C13H21N3/c1-11-3-4-12-13(5-7-14-8-6-13)15(2)9-10-16(11)12/h3-4,14H,5-10H2,1-2H3. The Hall–Kier alpha value is -0.800. The van der Waals surface area contributed by atoms with Gasteiger partial charge < -0.3 is 9.88 Å². The lowest BCUT2D eigenvalue weighted by atomic mass is 9.82. The van der Waals surface area contributed by atoms with Gasteiger partial charge in [-0.25, -0.2) is 0 Å². The highest BCUT2D eigenvalue weighted by Gasteiger charge is 2.42. The predicted molar refractivity (Wildman–Crippen MR) is 65.6 cm³/mol. The highest BCUT2D eigenvalue weighted by Crippen LogP contribution is 2.39. The number of likely N-dealkylation sites (N-methyl/N-ethyl adjacent to an activating group) is 1. The Kier molecular flexibility index (Phi) is 2.33. The summed E-state index contributed by atoms with van der Waals surface area (Å²) >= 11 is 0. The molecule has 0 saturated carbocycles. The minimum Gasteiger partial charge on any atom is -0.346 e. The fraction of sp³-hybridized carbons (Fsp3) is 0.692. The third-order valence-corrected chi connectivity index (χ3v) is 4.50. The second-order valence-corrected chi connectivity index (χ2v) is 5.21. The van der Waals surface area contributed by atoms with E-state index >= 15 is 0 Å². The highest BCUT2D eigenvalue weighted by atomic mass is 15.3. The maximum Gasteiger partial charge on any atom is 0.0635 e. The van der Waals surface area contributed by atoms with Crippen molar-refractivity contribution < 1.29 is 0 Å². The molecule has 3 rings (SSSR count). The predicted octanol–water partition coefficient (Wildman–Crippen LogP) is 1.32. The first-order valence-corrected chi connectivity index (χ1v) is 6.33. The Bertz CT molecular complexity index is 388. The molecule has 88 valence electrons. The molecule has 16 heavy (non-hydrogen) atoms. The summed E-state index contributed by atoms with van der Waals surface area (Å²) < 4.78 is 2.52. The van der Waals surface area contributed by atoms with Gasteiger partial charge >= 0.3 is 0 Å². The summed E-state index contributed by atoms with van der Waals surface area (Å²) in [5.74, 6) is 0. The van der Waals surface area contributed by atoms with Gasteiger partial charge in [-0.15, -0.1) is 0 Å². The van der Waals surface area contributed by atoms with E-state index in [1.54, 1.807) is 5.69 Å². The summed E-state index contributed by atoms with van der Waals surface area (Å²) in [6.07, 6.45) is 2.49. The number of nitrogens with zero attached hydrogens (tertiary/aromatic N) is 2. The van der Waals surface area contributed by atoms with E-state index in [4.69, 9.17) is 0 Å². The van der Waals surface area contributed by atoms with E-state index in [9.17, 15) is 0 Å². The molecule has 0 radical (unpaired) electrons. The molecular weight excluding hydrogens is 198 g/mol. The van der Waals surface area contributed by atoms with Crippen molar-refractivity contribution in [3.8, 4) is 0 Å². The van der Waals surface area contributed by atoms with Crippen molar-refractivity contribution in [2.75, 3.05) is 26.7 Å². The van der Waals surface area contributed by atoms with Crippen LogP contribution in [0.1, 0.15) is 24.2 Å². The van der Waals surface area contributed by atoms with Gasteiger partial charge in [0.25, 0.3) is 0 Å². The van der Waals surface area contributed by atoms with Gasteiger partial charge in [-0.3, -0.25) is 4.90 Å². The number of piperidine rings is 1. The Morgan fingerprint density at radius 3 is 2.69 bits per heavy atom. The largest absolute Gasteiger partial charge is 0.346 e. The zero-order valence-electron chi connectivity index (χ0n) is 10.3. The molecule has 3 heteroatoms.